The Balaban J connectivity index is 2.64. The van der Waals surface area contributed by atoms with E-state index in [0.29, 0.717) is 4.99 Å². The number of aryl methyl sites for hydroxylation is 1. The summed E-state index contributed by atoms with van der Waals surface area (Å²) in [7, 11) is 1.99. The van der Waals surface area contributed by atoms with E-state index in [0.717, 1.165) is 17.9 Å². The van der Waals surface area contributed by atoms with Crippen molar-refractivity contribution in [1.29, 1.82) is 0 Å². The molecule has 0 radical (unpaired) electrons. The van der Waals surface area contributed by atoms with Crippen LogP contribution in [0.15, 0.2) is 18.3 Å². The monoisotopic (exact) mass is 223 g/mol. The molecule has 3 nitrogen and oxygen atoms in total. The molecular weight excluding hydrogens is 206 g/mol. The fraction of sp³-hybridized carbons (Fsp3) is 0.455. The number of anilines is 1. The third-order valence-electron chi connectivity index (χ3n) is 2.32. The number of thiocarbonyl (C=S) groups is 1. The lowest BCUT2D eigenvalue weighted by molar-refractivity contribution is 0.735. The van der Waals surface area contributed by atoms with Gasteiger partial charge in [0.25, 0.3) is 0 Å². The molecular formula is C11H17N3S. The van der Waals surface area contributed by atoms with Gasteiger partial charge in [0.05, 0.1) is 4.99 Å². The van der Waals surface area contributed by atoms with Gasteiger partial charge in [0.1, 0.15) is 5.82 Å². The molecule has 0 saturated carbocycles. The van der Waals surface area contributed by atoms with Gasteiger partial charge in [-0.25, -0.2) is 4.98 Å². The van der Waals surface area contributed by atoms with Crippen LogP contribution < -0.4 is 10.6 Å². The molecule has 1 unspecified atom stereocenters. The minimum absolute atomic E-state index is 0.202. The Hall–Kier alpha value is -1.16. The summed E-state index contributed by atoms with van der Waals surface area (Å²) in [5, 5.41) is 0. The molecule has 1 aromatic heterocycles. The van der Waals surface area contributed by atoms with Crippen molar-refractivity contribution in [3.63, 3.8) is 0 Å². The maximum absolute atomic E-state index is 5.57. The van der Waals surface area contributed by atoms with Crippen molar-refractivity contribution < 1.29 is 0 Å². The number of aromatic nitrogens is 1. The first-order valence-corrected chi connectivity index (χ1v) is 5.34. The van der Waals surface area contributed by atoms with E-state index in [1.807, 2.05) is 39.2 Å². The van der Waals surface area contributed by atoms with Crippen LogP contribution in [-0.2, 0) is 0 Å². The van der Waals surface area contributed by atoms with Gasteiger partial charge in [0, 0.05) is 25.7 Å². The number of nitrogens with two attached hydrogens (primary N) is 1. The Kier molecular flexibility index (Phi) is 4.03. The summed E-state index contributed by atoms with van der Waals surface area (Å²) in [5.74, 6) is 1.15. The highest BCUT2D eigenvalue weighted by molar-refractivity contribution is 7.80. The maximum atomic E-state index is 5.57. The van der Waals surface area contributed by atoms with Crippen LogP contribution in [0.2, 0.25) is 0 Å². The molecule has 1 rings (SSSR count). The Morgan fingerprint density at radius 2 is 2.27 bits per heavy atom. The first-order chi connectivity index (χ1) is 7.00. The number of hydrogen-bond acceptors (Lipinski definition) is 3. The van der Waals surface area contributed by atoms with Crippen LogP contribution in [0.4, 0.5) is 5.82 Å². The standard InChI is InChI=1S/C11H17N3S/c1-8-4-5-10(13-6-8)14(3)7-9(2)11(12)15/h4-6,9H,7H2,1-3H3,(H2,12,15). The van der Waals surface area contributed by atoms with Crippen molar-refractivity contribution in [2.24, 2.45) is 11.7 Å². The fourth-order valence-corrected chi connectivity index (χ4v) is 1.35. The predicted molar refractivity (Wildman–Crippen MR) is 68.2 cm³/mol. The van der Waals surface area contributed by atoms with Crippen molar-refractivity contribution in [2.45, 2.75) is 13.8 Å². The summed E-state index contributed by atoms with van der Waals surface area (Å²) in [6.45, 7) is 4.84. The zero-order valence-electron chi connectivity index (χ0n) is 9.40. The second-order valence-electron chi connectivity index (χ2n) is 3.88. The largest absolute Gasteiger partial charge is 0.393 e. The van der Waals surface area contributed by atoms with E-state index in [1.54, 1.807) is 0 Å². The number of rotatable bonds is 4. The van der Waals surface area contributed by atoms with Gasteiger partial charge in [0.15, 0.2) is 0 Å². The lowest BCUT2D eigenvalue weighted by Crippen LogP contribution is -2.31. The van der Waals surface area contributed by atoms with E-state index < -0.39 is 0 Å². The molecule has 0 fully saturated rings. The number of nitrogens with zero attached hydrogens (tertiary/aromatic N) is 2. The Bertz CT molecular complexity index is 334. The summed E-state index contributed by atoms with van der Waals surface area (Å²) in [6, 6.07) is 4.05. The molecule has 0 aromatic carbocycles. The quantitative estimate of drug-likeness (QED) is 0.790. The summed E-state index contributed by atoms with van der Waals surface area (Å²) in [4.78, 5) is 6.94. The van der Waals surface area contributed by atoms with Crippen LogP contribution in [0.3, 0.4) is 0 Å². The molecule has 0 aliphatic rings. The highest BCUT2D eigenvalue weighted by atomic mass is 32.1. The average Bonchev–Trinajstić information content (AvgIpc) is 2.18. The van der Waals surface area contributed by atoms with Gasteiger partial charge < -0.3 is 10.6 Å². The maximum Gasteiger partial charge on any atom is 0.128 e. The first-order valence-electron chi connectivity index (χ1n) is 4.94. The van der Waals surface area contributed by atoms with E-state index in [4.69, 9.17) is 18.0 Å². The summed E-state index contributed by atoms with van der Waals surface area (Å²) in [5.41, 5.74) is 6.73. The van der Waals surface area contributed by atoms with Crippen molar-refractivity contribution in [3.05, 3.63) is 23.9 Å². The normalized spacial score (nSPS) is 12.2. The van der Waals surface area contributed by atoms with E-state index in [-0.39, 0.29) is 5.92 Å². The van der Waals surface area contributed by atoms with Crippen molar-refractivity contribution in [2.75, 3.05) is 18.5 Å². The minimum atomic E-state index is 0.202. The van der Waals surface area contributed by atoms with Crippen molar-refractivity contribution in [1.82, 2.24) is 4.98 Å². The first kappa shape index (κ1) is 11.9. The average molecular weight is 223 g/mol. The molecule has 0 saturated heterocycles. The Morgan fingerprint density at radius 3 is 2.73 bits per heavy atom. The van der Waals surface area contributed by atoms with Gasteiger partial charge in [-0.2, -0.15) is 0 Å². The van der Waals surface area contributed by atoms with Gasteiger partial charge in [0.2, 0.25) is 0 Å². The van der Waals surface area contributed by atoms with Crippen molar-refractivity contribution >= 4 is 23.0 Å². The highest BCUT2D eigenvalue weighted by Gasteiger charge is 2.09. The molecule has 0 aliphatic carbocycles. The molecule has 15 heavy (non-hydrogen) atoms. The zero-order chi connectivity index (χ0) is 11.4. The summed E-state index contributed by atoms with van der Waals surface area (Å²) in [6.07, 6.45) is 1.86. The van der Waals surface area contributed by atoms with Gasteiger partial charge in [-0.15, -0.1) is 0 Å². The number of hydrogen-bond donors (Lipinski definition) is 1. The fourth-order valence-electron chi connectivity index (χ4n) is 1.28. The molecule has 1 aromatic rings. The molecule has 0 aliphatic heterocycles. The van der Waals surface area contributed by atoms with Gasteiger partial charge in [-0.1, -0.05) is 25.2 Å². The van der Waals surface area contributed by atoms with E-state index in [9.17, 15) is 0 Å². The molecule has 0 amide bonds. The molecule has 0 bridgehead atoms. The van der Waals surface area contributed by atoms with Crippen LogP contribution in [-0.4, -0.2) is 23.6 Å². The van der Waals surface area contributed by atoms with Crippen molar-refractivity contribution in [3.8, 4) is 0 Å². The van der Waals surface area contributed by atoms with Crippen LogP contribution in [0.25, 0.3) is 0 Å². The Labute approximate surface area is 96.3 Å². The van der Waals surface area contributed by atoms with Crippen LogP contribution in [0.5, 0.6) is 0 Å². The van der Waals surface area contributed by atoms with E-state index >= 15 is 0 Å². The SMILES string of the molecule is Cc1ccc(N(C)CC(C)C(N)=S)nc1. The topological polar surface area (TPSA) is 42.1 Å². The summed E-state index contributed by atoms with van der Waals surface area (Å²) < 4.78 is 0. The lowest BCUT2D eigenvalue weighted by Gasteiger charge is -2.21. The molecule has 2 N–H and O–H groups in total. The third kappa shape index (κ3) is 3.47. The molecule has 1 atom stereocenters. The third-order valence-corrected chi connectivity index (χ3v) is 2.72. The minimum Gasteiger partial charge on any atom is -0.393 e. The van der Waals surface area contributed by atoms with Crippen LogP contribution in [0, 0.1) is 12.8 Å². The van der Waals surface area contributed by atoms with Crippen LogP contribution in [0.1, 0.15) is 12.5 Å². The number of pyridine rings is 1. The summed E-state index contributed by atoms with van der Waals surface area (Å²) >= 11 is 4.94. The van der Waals surface area contributed by atoms with E-state index in [1.165, 1.54) is 0 Å². The second-order valence-corrected chi connectivity index (χ2v) is 4.35. The molecule has 4 heteroatoms. The van der Waals surface area contributed by atoms with E-state index in [2.05, 4.69) is 9.88 Å². The molecule has 82 valence electrons. The second kappa shape index (κ2) is 5.07. The zero-order valence-corrected chi connectivity index (χ0v) is 10.2. The van der Waals surface area contributed by atoms with Gasteiger partial charge in [-0.3, -0.25) is 0 Å². The Morgan fingerprint density at radius 1 is 1.60 bits per heavy atom. The molecule has 0 spiro atoms. The highest BCUT2D eigenvalue weighted by Crippen LogP contribution is 2.11. The lowest BCUT2D eigenvalue weighted by atomic mass is 10.1. The predicted octanol–water partition coefficient (Wildman–Crippen LogP) is 1.75. The van der Waals surface area contributed by atoms with Gasteiger partial charge in [-0.05, 0) is 18.6 Å². The van der Waals surface area contributed by atoms with Crippen LogP contribution >= 0.6 is 12.2 Å². The van der Waals surface area contributed by atoms with Gasteiger partial charge >= 0.3 is 0 Å². The smallest absolute Gasteiger partial charge is 0.128 e. The molecule has 1 heterocycles.